The van der Waals surface area contributed by atoms with Crippen LogP contribution in [-0.2, 0) is 0 Å². The van der Waals surface area contributed by atoms with E-state index in [4.69, 9.17) is 0 Å². The fourth-order valence-corrected chi connectivity index (χ4v) is 0. The summed E-state index contributed by atoms with van der Waals surface area (Å²) in [7, 11) is 0. The number of hydrogen-bond acceptors (Lipinski definition) is 2. The van der Waals surface area contributed by atoms with Crippen LogP contribution in [0.5, 0.6) is 0 Å². The normalized spacial score (nSPS) is 0. The predicted octanol–water partition coefficient (Wildman–Crippen LogP) is -2.97. The van der Waals surface area contributed by atoms with Crippen LogP contribution in [0.2, 0.25) is 0 Å². The molecule has 0 aromatic rings. The molecule has 14 N–H and O–H groups in total. The van der Waals surface area contributed by atoms with Crippen LogP contribution in [0.1, 0.15) is 0 Å². The molecule has 0 aliphatic rings. The van der Waals surface area contributed by atoms with Crippen molar-refractivity contribution in [1.29, 1.82) is 0 Å². The highest BCUT2D eigenvalue weighted by atomic mass is 16.0. The maximum absolute atomic E-state index is 0. The van der Waals surface area contributed by atoms with Gasteiger partial charge >= 0.3 is 0 Å². The molecule has 0 saturated carbocycles. The highest BCUT2D eigenvalue weighted by Crippen LogP contribution is -0.286. The minimum Gasteiger partial charge on any atom is -0.412 e. The summed E-state index contributed by atoms with van der Waals surface area (Å²) < 4.78 is 0. The molecule has 0 heterocycles. The average molecular weight is 106 g/mol. The average Bonchev–Trinajstić information content (AvgIpc) is 0. The van der Waals surface area contributed by atoms with Crippen LogP contribution in [0, 0.1) is 0 Å². The van der Waals surface area contributed by atoms with Gasteiger partial charge in [0.1, 0.15) is 0 Å². The summed E-state index contributed by atoms with van der Waals surface area (Å²) in [5.74, 6) is 0. The van der Waals surface area contributed by atoms with Gasteiger partial charge in [0.2, 0.25) is 0 Å². The summed E-state index contributed by atoms with van der Waals surface area (Å²) in [5.41, 5.74) is 0. The van der Waals surface area contributed by atoms with Gasteiger partial charge in [0.15, 0.2) is 0 Å². The Kier molecular flexibility index (Phi) is 441000. The van der Waals surface area contributed by atoms with Crippen LogP contribution >= 0.6 is 0 Å². The van der Waals surface area contributed by atoms with Gasteiger partial charge in [-0.1, -0.05) is 0 Å². The van der Waals surface area contributed by atoms with Gasteiger partial charge in [-0.2, -0.15) is 0 Å². The number of hydrogen-bond donors (Lipinski definition) is 2. The molecule has 0 aliphatic carbocycles. The van der Waals surface area contributed by atoms with Crippen molar-refractivity contribution >= 4 is 0 Å². The van der Waals surface area contributed by atoms with Crippen LogP contribution < -0.4 is 12.3 Å². The van der Waals surface area contributed by atoms with E-state index in [1.807, 2.05) is 0 Å². The summed E-state index contributed by atoms with van der Waals surface area (Å²) in [6, 6.07) is 0. The zero-order chi connectivity index (χ0) is 0. The second-order valence-electron chi connectivity index (χ2n) is 0. The topological polar surface area (TPSA) is 196 Å². The van der Waals surface area contributed by atoms with Crippen molar-refractivity contribution < 1.29 is 21.9 Å². The Bertz CT molecular complexity index is 5.51. The third-order valence-electron chi connectivity index (χ3n) is 0. The van der Waals surface area contributed by atoms with E-state index < -0.39 is 0 Å². The van der Waals surface area contributed by atoms with Gasteiger partial charge in [0.25, 0.3) is 0 Å². The van der Waals surface area contributed by atoms with Gasteiger partial charge in [-0.3, -0.25) is 0 Å². The molecule has 0 bridgehead atoms. The van der Waals surface area contributed by atoms with E-state index >= 15 is 0 Å². The molecule has 0 unspecified atom stereocenters. The van der Waals surface area contributed by atoms with Gasteiger partial charge < -0.3 is 34.2 Å². The molecular weight excluding hydrogens is 92.0 g/mol. The second-order valence-corrected chi connectivity index (χ2v) is 0. The SMILES string of the molecule is N.N.O.O.O.O. The molecule has 6 heteroatoms. The summed E-state index contributed by atoms with van der Waals surface area (Å²) >= 11 is 0. The molecule has 0 aromatic carbocycles. The van der Waals surface area contributed by atoms with Gasteiger partial charge in [-0.05, 0) is 0 Å². The highest BCUT2D eigenvalue weighted by molar-refractivity contribution is 2.14. The molecule has 0 radical (unpaired) electrons. The summed E-state index contributed by atoms with van der Waals surface area (Å²) in [5, 5.41) is 0. The Balaban J connectivity index is 0. The van der Waals surface area contributed by atoms with Crippen LogP contribution in [0.15, 0.2) is 0 Å². The van der Waals surface area contributed by atoms with Crippen LogP contribution in [0.25, 0.3) is 0 Å². The Hall–Kier alpha value is -0.240. The first-order valence-corrected chi connectivity index (χ1v) is 0. The lowest BCUT2D eigenvalue weighted by atomic mass is 14.0. The first-order valence-electron chi connectivity index (χ1n) is 0. The Morgan fingerprint density at radius 2 is 0.333 bits per heavy atom. The van der Waals surface area contributed by atoms with Crippen molar-refractivity contribution in [2.75, 3.05) is 0 Å². The van der Waals surface area contributed by atoms with Crippen LogP contribution in [0.4, 0.5) is 0 Å². The molecule has 6 nitrogen and oxygen atoms in total. The molecule has 0 atom stereocenters. The smallest absolute Gasteiger partial charge is 0.344 e. The van der Waals surface area contributed by atoms with E-state index in [-0.39, 0.29) is 34.2 Å². The molecule has 6 heavy (non-hydrogen) atoms. The predicted molar refractivity (Wildman–Crippen MR) is 24.5 cm³/mol. The lowest BCUT2D eigenvalue weighted by Crippen LogP contribution is -0.482. The molecule has 0 saturated heterocycles. The second kappa shape index (κ2) is 1170. The molecule has 0 fully saturated rings. The van der Waals surface area contributed by atoms with Crippen LogP contribution in [0.3, 0.4) is 0 Å². The molecular formula is H14N2O4. The number of rotatable bonds is 0. The zero-order valence-electron chi connectivity index (χ0n) is 3.41. The lowest BCUT2D eigenvalue weighted by Gasteiger charge is -0.413. The van der Waals surface area contributed by atoms with Crippen molar-refractivity contribution in [3.8, 4) is 0 Å². The summed E-state index contributed by atoms with van der Waals surface area (Å²) in [4.78, 5) is 0. The van der Waals surface area contributed by atoms with Gasteiger partial charge in [-0.25, -0.2) is 0 Å². The fraction of sp³-hybridized carbons (Fsp3) is 0. The first kappa shape index (κ1) is 2270. The van der Waals surface area contributed by atoms with Crippen molar-refractivity contribution in [3.05, 3.63) is 0 Å². The monoisotopic (exact) mass is 106 g/mol. The van der Waals surface area contributed by atoms with Gasteiger partial charge in [0.05, 0.1) is 0 Å². The molecule has 0 amide bonds. The quantitative estimate of drug-likeness (QED) is 0.332. The maximum Gasteiger partial charge on any atom is -0.344 e. The third kappa shape index (κ3) is 497. The fourth-order valence-electron chi connectivity index (χ4n) is 0. The van der Waals surface area contributed by atoms with E-state index in [1.165, 1.54) is 0 Å². The van der Waals surface area contributed by atoms with Crippen molar-refractivity contribution in [1.82, 2.24) is 12.3 Å². The first-order chi connectivity index (χ1) is 0. The summed E-state index contributed by atoms with van der Waals surface area (Å²) in [6.45, 7) is 0. The standard InChI is InChI=1S/2H3N.4H2O/h2*1H3;4*1H2. The Morgan fingerprint density at radius 1 is 0.333 bits per heavy atom. The molecule has 0 aromatic heterocycles. The molecule has 0 spiro atoms. The largest absolute Gasteiger partial charge is 0.412 e. The Labute approximate surface area is 35.6 Å². The molecule has 48 valence electrons. The van der Waals surface area contributed by atoms with E-state index in [0.717, 1.165) is 0 Å². The van der Waals surface area contributed by atoms with E-state index in [0.29, 0.717) is 0 Å². The minimum absolute atomic E-state index is 0. The Morgan fingerprint density at radius 3 is 0.333 bits per heavy atom. The van der Waals surface area contributed by atoms with Crippen molar-refractivity contribution in [2.45, 2.75) is 0 Å². The summed E-state index contributed by atoms with van der Waals surface area (Å²) in [6.07, 6.45) is 0. The van der Waals surface area contributed by atoms with Crippen molar-refractivity contribution in [3.63, 3.8) is 0 Å². The highest BCUT2D eigenvalue weighted by Gasteiger charge is -0.343. The lowest BCUT2D eigenvalue weighted by molar-refractivity contribution is 0.823. The molecule has 0 rings (SSSR count). The van der Waals surface area contributed by atoms with Crippen molar-refractivity contribution in [2.24, 2.45) is 0 Å². The molecule has 0 aliphatic heterocycles. The van der Waals surface area contributed by atoms with Gasteiger partial charge in [-0.15, -0.1) is 0 Å². The third-order valence-corrected chi connectivity index (χ3v) is 0. The van der Waals surface area contributed by atoms with Crippen LogP contribution in [-0.4, -0.2) is 21.9 Å². The zero-order valence-corrected chi connectivity index (χ0v) is 3.41. The van der Waals surface area contributed by atoms with Gasteiger partial charge in [0, 0.05) is 0 Å². The van der Waals surface area contributed by atoms with E-state index in [1.54, 1.807) is 0 Å². The maximum atomic E-state index is 0. The van der Waals surface area contributed by atoms with E-state index in [9.17, 15) is 0 Å². The van der Waals surface area contributed by atoms with E-state index in [2.05, 4.69) is 0 Å². The minimum atomic E-state index is 0.